The molecule has 0 bridgehead atoms. The van der Waals surface area contributed by atoms with Crippen molar-refractivity contribution in [3.05, 3.63) is 47.3 Å². The van der Waals surface area contributed by atoms with Crippen molar-refractivity contribution >= 4 is 17.5 Å². The van der Waals surface area contributed by atoms with Gasteiger partial charge in [0.05, 0.1) is 24.6 Å². The van der Waals surface area contributed by atoms with Crippen LogP contribution in [0.2, 0.25) is 0 Å². The summed E-state index contributed by atoms with van der Waals surface area (Å²) in [5.74, 6) is 1.54. The van der Waals surface area contributed by atoms with Gasteiger partial charge in [0, 0.05) is 43.1 Å². The van der Waals surface area contributed by atoms with Crippen LogP contribution in [0, 0.1) is 26.7 Å². The summed E-state index contributed by atoms with van der Waals surface area (Å²) < 4.78 is 5.58. The molecule has 8 nitrogen and oxygen atoms in total. The first-order valence-electron chi connectivity index (χ1n) is 13.0. The second-order valence-electron chi connectivity index (χ2n) is 9.98. The number of nitrogens with one attached hydrogen (secondary N) is 2. The maximum Gasteiger partial charge on any atom is 0.321 e. The van der Waals surface area contributed by atoms with Crippen molar-refractivity contribution in [2.75, 3.05) is 49.6 Å². The summed E-state index contributed by atoms with van der Waals surface area (Å²) in [5.41, 5.74) is 7.97. The smallest absolute Gasteiger partial charge is 0.321 e. The zero-order chi connectivity index (χ0) is 25.2. The van der Waals surface area contributed by atoms with E-state index < -0.39 is 0 Å². The van der Waals surface area contributed by atoms with Crippen LogP contribution in [0.5, 0.6) is 0 Å². The Balaban J connectivity index is 1.50. The highest BCUT2D eigenvalue weighted by Gasteiger charge is 2.25. The van der Waals surface area contributed by atoms with Crippen LogP contribution < -0.4 is 10.2 Å². The fraction of sp³-hybridized carbons (Fsp3) is 0.464. The van der Waals surface area contributed by atoms with Gasteiger partial charge in [-0.3, -0.25) is 5.10 Å². The van der Waals surface area contributed by atoms with Gasteiger partial charge in [0.1, 0.15) is 5.82 Å². The predicted molar refractivity (Wildman–Crippen MR) is 143 cm³/mol. The summed E-state index contributed by atoms with van der Waals surface area (Å²) in [5, 5.41) is 10.6. The van der Waals surface area contributed by atoms with Gasteiger partial charge in [0.15, 0.2) is 0 Å². The van der Waals surface area contributed by atoms with Crippen LogP contribution in [-0.2, 0) is 4.74 Å². The third kappa shape index (κ3) is 4.95. The van der Waals surface area contributed by atoms with Gasteiger partial charge in [-0.15, -0.1) is 0 Å². The number of benzene rings is 1. The van der Waals surface area contributed by atoms with Crippen LogP contribution in [-0.4, -0.2) is 65.5 Å². The lowest BCUT2D eigenvalue weighted by Gasteiger charge is -2.28. The molecule has 2 saturated heterocycles. The molecule has 3 aromatic rings. The summed E-state index contributed by atoms with van der Waals surface area (Å²) in [7, 11) is 0. The number of ether oxygens (including phenoxy) is 1. The Morgan fingerprint density at radius 1 is 1.14 bits per heavy atom. The molecular formula is C28H36N6O2. The van der Waals surface area contributed by atoms with Crippen molar-refractivity contribution < 1.29 is 9.53 Å². The van der Waals surface area contributed by atoms with E-state index in [0.717, 1.165) is 89.9 Å². The van der Waals surface area contributed by atoms with Crippen LogP contribution in [0.4, 0.5) is 16.3 Å². The molecule has 1 atom stereocenters. The monoisotopic (exact) mass is 488 g/mol. The molecule has 2 aliphatic rings. The molecule has 0 unspecified atom stereocenters. The molecule has 2 fully saturated rings. The average Bonchev–Trinajstić information content (AvgIpc) is 3.51. The number of carbonyl (C=O) groups excluding carboxylic acids is 1. The number of anilines is 2. The van der Waals surface area contributed by atoms with E-state index >= 15 is 0 Å². The summed E-state index contributed by atoms with van der Waals surface area (Å²) in [6, 6.07) is 10.4. The largest absolute Gasteiger partial charge is 0.378 e. The second kappa shape index (κ2) is 10.3. The van der Waals surface area contributed by atoms with Crippen molar-refractivity contribution in [2.24, 2.45) is 5.92 Å². The molecule has 2 aromatic heterocycles. The number of pyridine rings is 1. The van der Waals surface area contributed by atoms with E-state index in [-0.39, 0.29) is 6.03 Å². The first kappa shape index (κ1) is 24.3. The molecule has 190 valence electrons. The first-order valence-corrected chi connectivity index (χ1v) is 13.0. The number of hydrogen-bond acceptors (Lipinski definition) is 5. The Bertz CT molecular complexity index is 1230. The van der Waals surface area contributed by atoms with Crippen molar-refractivity contribution in [1.29, 1.82) is 0 Å². The van der Waals surface area contributed by atoms with Gasteiger partial charge in [-0.25, -0.2) is 9.78 Å². The fourth-order valence-electron chi connectivity index (χ4n) is 5.25. The Morgan fingerprint density at radius 2 is 1.94 bits per heavy atom. The molecule has 2 aliphatic heterocycles. The Hall–Kier alpha value is -3.39. The van der Waals surface area contributed by atoms with Crippen LogP contribution >= 0.6 is 0 Å². The van der Waals surface area contributed by atoms with Crippen LogP contribution in [0.1, 0.15) is 36.7 Å². The summed E-state index contributed by atoms with van der Waals surface area (Å²) in [6.07, 6.45) is 2.20. The number of aromatic nitrogens is 3. The van der Waals surface area contributed by atoms with Gasteiger partial charge in [-0.2, -0.15) is 5.10 Å². The van der Waals surface area contributed by atoms with Crippen LogP contribution in [0.3, 0.4) is 0 Å². The molecule has 8 heteroatoms. The minimum atomic E-state index is -0.0187. The number of H-pyrrole nitrogens is 1. The average molecular weight is 489 g/mol. The van der Waals surface area contributed by atoms with Crippen molar-refractivity contribution in [1.82, 2.24) is 20.1 Å². The molecule has 0 radical (unpaired) electrons. The number of hydrogen-bond donors (Lipinski definition) is 2. The maximum absolute atomic E-state index is 12.9. The van der Waals surface area contributed by atoms with E-state index in [9.17, 15) is 4.79 Å². The van der Waals surface area contributed by atoms with E-state index in [1.807, 2.05) is 24.8 Å². The Labute approximate surface area is 213 Å². The lowest BCUT2D eigenvalue weighted by Crippen LogP contribution is -2.36. The van der Waals surface area contributed by atoms with Crippen molar-refractivity contribution in [3.63, 3.8) is 0 Å². The molecule has 2 amide bonds. The minimum absolute atomic E-state index is 0.0187. The zero-order valence-electron chi connectivity index (χ0n) is 21.7. The molecule has 2 N–H and O–H groups in total. The SMILES string of the molecule is CC[C@@H]1CCN(C(=O)Nc2ccc(C)c(-c3cc(-c4c(C)n[nH]c4C)nc(N4CCOCC4)c3)c2)C1. The van der Waals surface area contributed by atoms with E-state index in [4.69, 9.17) is 9.72 Å². The van der Waals surface area contributed by atoms with Crippen LogP contribution in [0.15, 0.2) is 30.3 Å². The molecule has 5 rings (SSSR count). The molecule has 36 heavy (non-hydrogen) atoms. The summed E-state index contributed by atoms with van der Waals surface area (Å²) in [6.45, 7) is 13.0. The lowest BCUT2D eigenvalue weighted by atomic mass is 9.98. The third-order valence-corrected chi connectivity index (χ3v) is 7.48. The lowest BCUT2D eigenvalue weighted by molar-refractivity contribution is 0.122. The van der Waals surface area contributed by atoms with Gasteiger partial charge >= 0.3 is 6.03 Å². The topological polar surface area (TPSA) is 86.4 Å². The molecule has 0 spiro atoms. The van der Waals surface area contributed by atoms with Gasteiger partial charge in [0.25, 0.3) is 0 Å². The van der Waals surface area contributed by atoms with Gasteiger partial charge in [-0.05, 0) is 74.1 Å². The standard InChI is InChI=1S/C28H36N6O2/c1-5-21-8-9-34(17-21)28(35)29-23-7-6-18(2)24(16-23)22-14-25(27-19(3)31-32-20(27)4)30-26(15-22)33-10-12-36-13-11-33/h6-7,14-16,21H,5,8-13,17H2,1-4H3,(H,29,35)(H,31,32)/t21-/m1/s1. The Kier molecular flexibility index (Phi) is 6.96. The summed E-state index contributed by atoms with van der Waals surface area (Å²) in [4.78, 5) is 22.2. The van der Waals surface area contributed by atoms with E-state index in [2.05, 4.69) is 58.5 Å². The first-order chi connectivity index (χ1) is 17.4. The molecule has 0 saturated carbocycles. The zero-order valence-corrected chi connectivity index (χ0v) is 21.7. The third-order valence-electron chi connectivity index (χ3n) is 7.48. The maximum atomic E-state index is 12.9. The number of aryl methyl sites for hydroxylation is 3. The highest BCUT2D eigenvalue weighted by Crippen LogP contribution is 2.34. The minimum Gasteiger partial charge on any atom is -0.378 e. The highest BCUT2D eigenvalue weighted by atomic mass is 16.5. The normalized spacial score (nSPS) is 18.1. The van der Waals surface area contributed by atoms with E-state index in [0.29, 0.717) is 19.1 Å². The number of nitrogens with zero attached hydrogens (tertiary/aromatic N) is 4. The summed E-state index contributed by atoms with van der Waals surface area (Å²) >= 11 is 0. The van der Waals surface area contributed by atoms with Gasteiger partial charge in [0.2, 0.25) is 0 Å². The Morgan fingerprint density at radius 3 is 2.64 bits per heavy atom. The predicted octanol–water partition coefficient (Wildman–Crippen LogP) is 5.16. The van der Waals surface area contributed by atoms with Crippen molar-refractivity contribution in [2.45, 2.75) is 40.5 Å². The quantitative estimate of drug-likeness (QED) is 0.518. The van der Waals surface area contributed by atoms with E-state index in [1.165, 1.54) is 0 Å². The molecule has 1 aromatic carbocycles. The van der Waals surface area contributed by atoms with Gasteiger partial charge in [-0.1, -0.05) is 19.4 Å². The van der Waals surface area contributed by atoms with Crippen molar-refractivity contribution in [3.8, 4) is 22.4 Å². The number of morpholine rings is 1. The number of urea groups is 1. The highest BCUT2D eigenvalue weighted by molar-refractivity contribution is 5.91. The van der Waals surface area contributed by atoms with Crippen LogP contribution in [0.25, 0.3) is 22.4 Å². The number of likely N-dealkylation sites (tertiary alicyclic amines) is 1. The number of rotatable bonds is 5. The van der Waals surface area contributed by atoms with E-state index in [1.54, 1.807) is 0 Å². The van der Waals surface area contributed by atoms with Gasteiger partial charge < -0.3 is 19.9 Å². The molecule has 0 aliphatic carbocycles. The number of amides is 2. The second-order valence-corrected chi connectivity index (χ2v) is 9.98. The molecular weight excluding hydrogens is 452 g/mol. The number of aromatic amines is 1. The fourth-order valence-corrected chi connectivity index (χ4v) is 5.25. The number of carbonyl (C=O) groups is 1. The molecule has 4 heterocycles.